The molecule has 0 fully saturated rings. The molecule has 2 rings (SSSR count). The highest BCUT2D eigenvalue weighted by atomic mass is 79.9. The molecule has 1 unspecified atom stereocenters. The maximum atomic E-state index is 6.10. The molecule has 2 heterocycles. The number of halogens is 2. The summed E-state index contributed by atoms with van der Waals surface area (Å²) in [5, 5.41) is 3.91. The van der Waals surface area contributed by atoms with Gasteiger partial charge in [0.15, 0.2) is 0 Å². The van der Waals surface area contributed by atoms with Crippen LogP contribution in [0.4, 0.5) is 5.82 Å². The smallest absolute Gasteiger partial charge is 0.145 e. The van der Waals surface area contributed by atoms with Crippen molar-refractivity contribution in [3.8, 4) is 0 Å². The molecule has 0 aliphatic rings. The molecular weight excluding hydrogens is 316 g/mol. The number of nitrogens with one attached hydrogen (secondary N) is 1. The van der Waals surface area contributed by atoms with Gasteiger partial charge in [-0.2, -0.15) is 0 Å². The van der Waals surface area contributed by atoms with E-state index in [0.29, 0.717) is 10.8 Å². The van der Waals surface area contributed by atoms with Crippen LogP contribution in [-0.4, -0.2) is 11.0 Å². The Morgan fingerprint density at radius 2 is 2.39 bits per heavy atom. The third kappa shape index (κ3) is 3.75. The molecule has 2 aromatic heterocycles. The van der Waals surface area contributed by atoms with E-state index >= 15 is 0 Å². The standard InChI is InChI=1S/C13H14BrClN2O/c1-9(4-5-11-3-2-6-18-11)17-13-12(15)7-10(14)8-16-13/h2-3,6-9H,4-5H2,1H3,(H,16,17). The first kappa shape index (κ1) is 13.4. The number of aryl methyl sites for hydroxylation is 1. The van der Waals surface area contributed by atoms with Crippen molar-refractivity contribution in [1.82, 2.24) is 4.98 Å². The summed E-state index contributed by atoms with van der Waals surface area (Å²) in [6.45, 7) is 2.10. The largest absolute Gasteiger partial charge is 0.469 e. The lowest BCUT2D eigenvalue weighted by atomic mass is 10.1. The zero-order chi connectivity index (χ0) is 13.0. The number of furan rings is 1. The van der Waals surface area contributed by atoms with Gasteiger partial charge in [0.05, 0.1) is 11.3 Å². The molecule has 3 nitrogen and oxygen atoms in total. The fourth-order valence-corrected chi connectivity index (χ4v) is 2.32. The van der Waals surface area contributed by atoms with E-state index in [2.05, 4.69) is 33.2 Å². The number of rotatable bonds is 5. The molecule has 1 atom stereocenters. The minimum absolute atomic E-state index is 0.279. The van der Waals surface area contributed by atoms with Crippen LogP contribution in [0.3, 0.4) is 0 Å². The molecule has 0 saturated carbocycles. The van der Waals surface area contributed by atoms with Gasteiger partial charge in [-0.1, -0.05) is 11.6 Å². The van der Waals surface area contributed by atoms with Gasteiger partial charge in [-0.3, -0.25) is 0 Å². The number of anilines is 1. The summed E-state index contributed by atoms with van der Waals surface area (Å²) in [5.41, 5.74) is 0. The Morgan fingerprint density at radius 3 is 3.06 bits per heavy atom. The molecule has 0 amide bonds. The van der Waals surface area contributed by atoms with Crippen molar-refractivity contribution in [1.29, 1.82) is 0 Å². The molecule has 18 heavy (non-hydrogen) atoms. The quantitative estimate of drug-likeness (QED) is 0.876. The number of pyridine rings is 1. The molecule has 0 aliphatic carbocycles. The minimum atomic E-state index is 0.279. The SMILES string of the molecule is CC(CCc1ccco1)Nc1ncc(Br)cc1Cl. The molecule has 0 aliphatic heterocycles. The summed E-state index contributed by atoms with van der Waals surface area (Å²) < 4.78 is 6.17. The Morgan fingerprint density at radius 1 is 1.56 bits per heavy atom. The van der Waals surface area contributed by atoms with E-state index in [1.165, 1.54) is 0 Å². The van der Waals surface area contributed by atoms with Gasteiger partial charge in [0.1, 0.15) is 11.6 Å². The van der Waals surface area contributed by atoms with Crippen LogP contribution in [0.15, 0.2) is 39.5 Å². The summed E-state index contributed by atoms with van der Waals surface area (Å²) in [5.74, 6) is 1.71. The molecule has 0 aromatic carbocycles. The summed E-state index contributed by atoms with van der Waals surface area (Å²) in [7, 11) is 0. The maximum absolute atomic E-state index is 6.10. The molecule has 1 N–H and O–H groups in total. The van der Waals surface area contributed by atoms with Crippen LogP contribution in [0, 0.1) is 0 Å². The van der Waals surface area contributed by atoms with Crippen molar-refractivity contribution >= 4 is 33.3 Å². The lowest BCUT2D eigenvalue weighted by molar-refractivity contribution is 0.495. The summed E-state index contributed by atoms with van der Waals surface area (Å²) in [6.07, 6.45) is 5.28. The monoisotopic (exact) mass is 328 g/mol. The van der Waals surface area contributed by atoms with E-state index in [9.17, 15) is 0 Å². The van der Waals surface area contributed by atoms with Crippen molar-refractivity contribution in [3.05, 3.63) is 45.9 Å². The Hall–Kier alpha value is -1.000. The fourth-order valence-electron chi connectivity index (χ4n) is 1.64. The minimum Gasteiger partial charge on any atom is -0.469 e. The third-order valence-corrected chi connectivity index (χ3v) is 3.32. The molecule has 0 bridgehead atoms. The highest BCUT2D eigenvalue weighted by Crippen LogP contribution is 2.23. The number of hydrogen-bond acceptors (Lipinski definition) is 3. The van der Waals surface area contributed by atoms with Crippen molar-refractivity contribution < 1.29 is 4.42 Å². The summed E-state index contributed by atoms with van der Waals surface area (Å²) in [4.78, 5) is 4.25. The predicted molar refractivity (Wildman–Crippen MR) is 77.1 cm³/mol. The van der Waals surface area contributed by atoms with Crippen LogP contribution in [-0.2, 0) is 6.42 Å². The van der Waals surface area contributed by atoms with Gasteiger partial charge in [-0.05, 0) is 47.5 Å². The van der Waals surface area contributed by atoms with Gasteiger partial charge in [0.2, 0.25) is 0 Å². The Balaban J connectivity index is 1.88. The molecule has 0 radical (unpaired) electrons. The topological polar surface area (TPSA) is 38.1 Å². The van der Waals surface area contributed by atoms with E-state index < -0.39 is 0 Å². The van der Waals surface area contributed by atoms with E-state index in [4.69, 9.17) is 16.0 Å². The van der Waals surface area contributed by atoms with E-state index in [-0.39, 0.29) is 6.04 Å². The maximum Gasteiger partial charge on any atom is 0.145 e. The van der Waals surface area contributed by atoms with Gasteiger partial charge >= 0.3 is 0 Å². The van der Waals surface area contributed by atoms with E-state index in [1.807, 2.05) is 18.2 Å². The van der Waals surface area contributed by atoms with Gasteiger partial charge in [-0.25, -0.2) is 4.98 Å². The number of hydrogen-bond donors (Lipinski definition) is 1. The summed E-state index contributed by atoms with van der Waals surface area (Å²) >= 11 is 9.43. The van der Waals surface area contributed by atoms with Gasteiger partial charge in [0, 0.05) is 23.1 Å². The first-order valence-corrected chi connectivity index (χ1v) is 6.92. The first-order chi connectivity index (χ1) is 8.65. The van der Waals surface area contributed by atoms with E-state index in [0.717, 1.165) is 23.1 Å². The average Bonchev–Trinajstić information content (AvgIpc) is 2.83. The Bertz CT molecular complexity index is 502. The molecule has 96 valence electrons. The third-order valence-electron chi connectivity index (χ3n) is 2.59. The van der Waals surface area contributed by atoms with Crippen LogP contribution >= 0.6 is 27.5 Å². The number of nitrogens with zero attached hydrogens (tertiary/aromatic N) is 1. The molecular formula is C13H14BrClN2O. The first-order valence-electron chi connectivity index (χ1n) is 5.75. The Kier molecular flexibility index (Phi) is 4.66. The predicted octanol–water partition coefficient (Wildman–Crippen LogP) is 4.52. The van der Waals surface area contributed by atoms with Gasteiger partial charge in [-0.15, -0.1) is 0 Å². The van der Waals surface area contributed by atoms with Crippen molar-refractivity contribution in [3.63, 3.8) is 0 Å². The second-order valence-electron chi connectivity index (χ2n) is 4.15. The zero-order valence-corrected chi connectivity index (χ0v) is 12.3. The molecule has 5 heteroatoms. The van der Waals surface area contributed by atoms with Crippen molar-refractivity contribution in [2.45, 2.75) is 25.8 Å². The van der Waals surface area contributed by atoms with Crippen LogP contribution in [0.25, 0.3) is 0 Å². The van der Waals surface area contributed by atoms with Gasteiger partial charge < -0.3 is 9.73 Å². The Labute approximate surface area is 120 Å². The molecule has 0 saturated heterocycles. The average molecular weight is 330 g/mol. The van der Waals surface area contributed by atoms with Gasteiger partial charge in [0.25, 0.3) is 0 Å². The lowest BCUT2D eigenvalue weighted by Crippen LogP contribution is -2.17. The highest BCUT2D eigenvalue weighted by Gasteiger charge is 2.08. The molecule has 2 aromatic rings. The van der Waals surface area contributed by atoms with Crippen molar-refractivity contribution in [2.24, 2.45) is 0 Å². The second-order valence-corrected chi connectivity index (χ2v) is 5.47. The van der Waals surface area contributed by atoms with Crippen LogP contribution in [0.2, 0.25) is 5.02 Å². The second kappa shape index (κ2) is 6.25. The van der Waals surface area contributed by atoms with Crippen molar-refractivity contribution in [2.75, 3.05) is 5.32 Å². The number of aromatic nitrogens is 1. The summed E-state index contributed by atoms with van der Waals surface area (Å²) in [6, 6.07) is 6.00. The van der Waals surface area contributed by atoms with E-state index in [1.54, 1.807) is 12.5 Å². The zero-order valence-electron chi connectivity index (χ0n) is 9.99. The fraction of sp³-hybridized carbons (Fsp3) is 0.308. The van der Waals surface area contributed by atoms with Crippen LogP contribution < -0.4 is 5.32 Å². The molecule has 0 spiro atoms. The van der Waals surface area contributed by atoms with Crippen LogP contribution in [0.1, 0.15) is 19.1 Å². The normalized spacial score (nSPS) is 12.4. The lowest BCUT2D eigenvalue weighted by Gasteiger charge is -2.14. The van der Waals surface area contributed by atoms with Crippen LogP contribution in [0.5, 0.6) is 0 Å². The highest BCUT2D eigenvalue weighted by molar-refractivity contribution is 9.10.